The van der Waals surface area contributed by atoms with E-state index in [-0.39, 0.29) is 12.1 Å². The summed E-state index contributed by atoms with van der Waals surface area (Å²) < 4.78 is 45.6. The molecule has 2 aromatic carbocycles. The molecule has 0 saturated heterocycles. The molecule has 25 heavy (non-hydrogen) atoms. The molecule has 1 aliphatic rings. The van der Waals surface area contributed by atoms with Gasteiger partial charge in [-0.15, -0.1) is 13.2 Å². The molecule has 0 fully saturated rings. The molecule has 1 heterocycles. The van der Waals surface area contributed by atoms with Crippen molar-refractivity contribution in [3.63, 3.8) is 0 Å². The van der Waals surface area contributed by atoms with Gasteiger partial charge in [0.1, 0.15) is 5.75 Å². The third-order valence-corrected chi connectivity index (χ3v) is 3.52. The maximum Gasteiger partial charge on any atom is 0.573 e. The molecule has 0 aliphatic carbocycles. The average Bonchev–Trinajstić information content (AvgIpc) is 2.53. The number of hydrogen-bond acceptors (Lipinski definition) is 4. The van der Waals surface area contributed by atoms with Gasteiger partial charge in [0.15, 0.2) is 6.10 Å². The van der Waals surface area contributed by atoms with E-state index in [2.05, 4.69) is 10.1 Å². The molecule has 5 nitrogen and oxygen atoms in total. The number of carbonyl (C=O) groups excluding carboxylic acids is 2. The van der Waals surface area contributed by atoms with Gasteiger partial charge in [-0.2, -0.15) is 0 Å². The number of benzene rings is 2. The van der Waals surface area contributed by atoms with Crippen LogP contribution in [0.2, 0.25) is 0 Å². The van der Waals surface area contributed by atoms with Gasteiger partial charge < -0.3 is 14.8 Å². The Labute approximate surface area is 140 Å². The summed E-state index contributed by atoms with van der Waals surface area (Å²) in [5, 5.41) is 2.43. The van der Waals surface area contributed by atoms with Crippen LogP contribution in [0.3, 0.4) is 0 Å². The van der Waals surface area contributed by atoms with Gasteiger partial charge in [-0.05, 0) is 23.8 Å². The number of halogens is 3. The summed E-state index contributed by atoms with van der Waals surface area (Å²) in [4.78, 5) is 24.2. The quantitative estimate of drug-likeness (QED) is 0.862. The summed E-state index contributed by atoms with van der Waals surface area (Å²) in [7, 11) is 0. The Morgan fingerprint density at radius 1 is 1.16 bits per heavy atom. The van der Waals surface area contributed by atoms with Crippen LogP contribution in [0.1, 0.15) is 15.9 Å². The molecule has 0 saturated carbocycles. The third kappa shape index (κ3) is 4.09. The highest BCUT2D eigenvalue weighted by atomic mass is 19.4. The molecule has 0 radical (unpaired) electrons. The van der Waals surface area contributed by atoms with Gasteiger partial charge in [0, 0.05) is 18.2 Å². The Balaban J connectivity index is 1.71. The zero-order chi connectivity index (χ0) is 18.0. The molecule has 8 heteroatoms. The Morgan fingerprint density at radius 2 is 1.92 bits per heavy atom. The zero-order valence-electron chi connectivity index (χ0n) is 12.7. The van der Waals surface area contributed by atoms with Crippen molar-refractivity contribution in [1.82, 2.24) is 0 Å². The summed E-state index contributed by atoms with van der Waals surface area (Å²) in [6.45, 7) is 0. The molecular weight excluding hydrogens is 339 g/mol. The van der Waals surface area contributed by atoms with Crippen molar-refractivity contribution in [2.45, 2.75) is 18.9 Å². The molecule has 2 aromatic rings. The lowest BCUT2D eigenvalue weighted by atomic mass is 9.98. The molecule has 1 aliphatic heterocycles. The molecule has 130 valence electrons. The van der Waals surface area contributed by atoms with E-state index in [0.717, 1.165) is 12.1 Å². The standard InChI is InChI=1S/C17H12F3NO4/c18-17(19,20)25-12-6-3-5-11(9-12)21-15(22)14-8-10-4-1-2-7-13(10)16(23)24-14/h1-7,9,14H,8H2,(H,21,22). The van der Waals surface area contributed by atoms with Crippen LogP contribution in [0.4, 0.5) is 18.9 Å². The van der Waals surface area contributed by atoms with Crippen LogP contribution in [0, 0.1) is 0 Å². The first-order valence-corrected chi connectivity index (χ1v) is 7.27. The SMILES string of the molecule is O=C1OC(C(=O)Nc2cccc(OC(F)(F)F)c2)Cc2ccccc21. The number of ether oxygens (including phenoxy) is 2. The molecule has 3 rings (SSSR count). The van der Waals surface area contributed by atoms with Crippen LogP contribution >= 0.6 is 0 Å². The predicted octanol–water partition coefficient (Wildman–Crippen LogP) is 3.31. The van der Waals surface area contributed by atoms with Gasteiger partial charge in [-0.3, -0.25) is 4.79 Å². The van der Waals surface area contributed by atoms with E-state index in [1.165, 1.54) is 12.1 Å². The number of rotatable bonds is 3. The van der Waals surface area contributed by atoms with Crippen LogP contribution in [0.15, 0.2) is 48.5 Å². The van der Waals surface area contributed by atoms with Crippen molar-refractivity contribution in [2.75, 3.05) is 5.32 Å². The number of esters is 1. The number of hydrogen-bond donors (Lipinski definition) is 1. The first kappa shape index (κ1) is 16.8. The Bertz CT molecular complexity index is 820. The van der Waals surface area contributed by atoms with E-state index >= 15 is 0 Å². The largest absolute Gasteiger partial charge is 0.573 e. The molecule has 1 atom stereocenters. The first-order chi connectivity index (χ1) is 11.8. The smallest absolute Gasteiger partial charge is 0.448 e. The zero-order valence-corrected chi connectivity index (χ0v) is 12.7. The summed E-state index contributed by atoms with van der Waals surface area (Å²) in [5.74, 6) is -1.71. The highest BCUT2D eigenvalue weighted by molar-refractivity contribution is 6.00. The number of fused-ring (bicyclic) bond motifs is 1. The number of carbonyl (C=O) groups is 2. The van der Waals surface area contributed by atoms with E-state index in [0.29, 0.717) is 11.1 Å². The second kappa shape index (κ2) is 6.46. The van der Waals surface area contributed by atoms with Crippen molar-refractivity contribution >= 4 is 17.6 Å². The Morgan fingerprint density at radius 3 is 2.68 bits per heavy atom. The second-order valence-electron chi connectivity index (χ2n) is 5.32. The summed E-state index contributed by atoms with van der Waals surface area (Å²) in [6.07, 6.45) is -5.70. The topological polar surface area (TPSA) is 64.6 Å². The summed E-state index contributed by atoms with van der Waals surface area (Å²) in [5.41, 5.74) is 1.17. The predicted molar refractivity (Wildman–Crippen MR) is 81.1 cm³/mol. The van der Waals surface area contributed by atoms with Gasteiger partial charge in [-0.1, -0.05) is 24.3 Å². The minimum atomic E-state index is -4.83. The molecule has 0 aromatic heterocycles. The van der Waals surface area contributed by atoms with Gasteiger partial charge in [-0.25, -0.2) is 4.79 Å². The van der Waals surface area contributed by atoms with E-state index in [1.807, 2.05) is 0 Å². The van der Waals surface area contributed by atoms with Crippen LogP contribution in [-0.2, 0) is 16.0 Å². The lowest BCUT2D eigenvalue weighted by Gasteiger charge is -2.23. The van der Waals surface area contributed by atoms with Crippen molar-refractivity contribution < 1.29 is 32.2 Å². The van der Waals surface area contributed by atoms with E-state index < -0.39 is 30.1 Å². The molecule has 1 N–H and O–H groups in total. The maximum atomic E-state index is 12.3. The number of amides is 1. The third-order valence-electron chi connectivity index (χ3n) is 3.52. The summed E-state index contributed by atoms with van der Waals surface area (Å²) >= 11 is 0. The van der Waals surface area contributed by atoms with E-state index in [4.69, 9.17) is 4.74 Å². The number of anilines is 1. The minimum Gasteiger partial charge on any atom is -0.448 e. The van der Waals surface area contributed by atoms with Gasteiger partial charge >= 0.3 is 12.3 Å². The molecule has 0 spiro atoms. The van der Waals surface area contributed by atoms with E-state index in [9.17, 15) is 22.8 Å². The number of nitrogens with one attached hydrogen (secondary N) is 1. The van der Waals surface area contributed by atoms with Gasteiger partial charge in [0.2, 0.25) is 0 Å². The number of alkyl halides is 3. The van der Waals surface area contributed by atoms with Gasteiger partial charge in [0.05, 0.1) is 5.56 Å². The normalized spacial score (nSPS) is 16.6. The van der Waals surface area contributed by atoms with E-state index in [1.54, 1.807) is 24.3 Å². The van der Waals surface area contributed by atoms with Crippen molar-refractivity contribution in [3.8, 4) is 5.75 Å². The van der Waals surface area contributed by atoms with Crippen LogP contribution in [-0.4, -0.2) is 24.3 Å². The first-order valence-electron chi connectivity index (χ1n) is 7.27. The lowest BCUT2D eigenvalue weighted by Crippen LogP contribution is -2.37. The lowest BCUT2D eigenvalue weighted by molar-refractivity contribution is -0.274. The molecule has 1 unspecified atom stereocenters. The van der Waals surface area contributed by atoms with Crippen molar-refractivity contribution in [1.29, 1.82) is 0 Å². The van der Waals surface area contributed by atoms with Crippen molar-refractivity contribution in [3.05, 3.63) is 59.7 Å². The Hall–Kier alpha value is -3.03. The fraction of sp³-hybridized carbons (Fsp3) is 0.176. The number of cyclic esters (lactones) is 1. The van der Waals surface area contributed by atoms with Crippen molar-refractivity contribution in [2.24, 2.45) is 0 Å². The summed E-state index contributed by atoms with van der Waals surface area (Å²) in [6, 6.07) is 11.6. The highest BCUT2D eigenvalue weighted by Crippen LogP contribution is 2.26. The fourth-order valence-electron chi connectivity index (χ4n) is 2.47. The second-order valence-corrected chi connectivity index (χ2v) is 5.32. The van der Waals surface area contributed by atoms with Crippen LogP contribution in [0.25, 0.3) is 0 Å². The van der Waals surface area contributed by atoms with Crippen LogP contribution in [0.5, 0.6) is 5.75 Å². The minimum absolute atomic E-state index is 0.0988. The molecule has 1 amide bonds. The maximum absolute atomic E-state index is 12.3. The molecular formula is C17H12F3NO4. The average molecular weight is 351 g/mol. The van der Waals surface area contributed by atoms with Crippen LogP contribution < -0.4 is 10.1 Å². The fourth-order valence-corrected chi connectivity index (χ4v) is 2.47. The monoisotopic (exact) mass is 351 g/mol. The van der Waals surface area contributed by atoms with Gasteiger partial charge in [0.25, 0.3) is 5.91 Å². The highest BCUT2D eigenvalue weighted by Gasteiger charge is 2.32. The Kier molecular flexibility index (Phi) is 4.35. The molecule has 0 bridgehead atoms.